The molecule has 2 amide bonds. The number of allylic oxidation sites excluding steroid dienone is 2. The second kappa shape index (κ2) is 11.7. The van der Waals surface area contributed by atoms with Crippen LogP contribution in [0.5, 0.6) is 0 Å². The molecule has 0 saturated heterocycles. The maximum absolute atomic E-state index is 12.7. The summed E-state index contributed by atoms with van der Waals surface area (Å²) in [7, 11) is 0. The number of carboxylic acids is 1. The highest BCUT2D eigenvalue weighted by Crippen LogP contribution is 2.44. The van der Waals surface area contributed by atoms with Gasteiger partial charge in [-0.2, -0.15) is 0 Å². The van der Waals surface area contributed by atoms with E-state index < -0.39 is 18.1 Å². The summed E-state index contributed by atoms with van der Waals surface area (Å²) in [5.41, 5.74) is 4.45. The Morgan fingerprint density at radius 1 is 1.00 bits per heavy atom. The average Bonchev–Trinajstić information content (AvgIpc) is 3.19. The number of ether oxygens (including phenoxy) is 1. The number of carbonyl (C=O) groups is 3. The van der Waals surface area contributed by atoms with Crippen molar-refractivity contribution < 1.29 is 24.2 Å². The highest BCUT2D eigenvalue weighted by atomic mass is 16.5. The molecule has 0 saturated carbocycles. The molecule has 0 radical (unpaired) electrons. The van der Waals surface area contributed by atoms with Gasteiger partial charge in [-0.05, 0) is 60.3 Å². The van der Waals surface area contributed by atoms with E-state index in [1.807, 2.05) is 36.4 Å². The molecule has 2 unspecified atom stereocenters. The fraction of sp³-hybridized carbons (Fsp3) is 0.393. The van der Waals surface area contributed by atoms with Gasteiger partial charge in [0.1, 0.15) is 12.6 Å². The minimum absolute atomic E-state index is 0.00245. The number of rotatable bonds is 10. The maximum atomic E-state index is 12.7. The summed E-state index contributed by atoms with van der Waals surface area (Å²) in [6.45, 7) is 0.621. The smallest absolute Gasteiger partial charge is 0.407 e. The number of fused-ring (bicyclic) bond motifs is 3. The van der Waals surface area contributed by atoms with Crippen LogP contribution in [0, 0.1) is 5.92 Å². The third-order valence-electron chi connectivity index (χ3n) is 6.83. The van der Waals surface area contributed by atoms with Gasteiger partial charge in [0.2, 0.25) is 5.91 Å². The second-order valence-corrected chi connectivity index (χ2v) is 9.19. The Bertz CT molecular complexity index is 1050. The summed E-state index contributed by atoms with van der Waals surface area (Å²) in [5.74, 6) is -0.964. The topological polar surface area (TPSA) is 105 Å². The van der Waals surface area contributed by atoms with Crippen LogP contribution in [0.4, 0.5) is 4.79 Å². The van der Waals surface area contributed by atoms with E-state index in [4.69, 9.17) is 9.84 Å². The Kier molecular flexibility index (Phi) is 8.19. The zero-order valence-corrected chi connectivity index (χ0v) is 19.7. The molecule has 35 heavy (non-hydrogen) atoms. The molecule has 7 nitrogen and oxygen atoms in total. The molecule has 2 aliphatic rings. The van der Waals surface area contributed by atoms with Gasteiger partial charge in [-0.3, -0.25) is 9.59 Å². The third kappa shape index (κ3) is 6.29. The van der Waals surface area contributed by atoms with Crippen LogP contribution in [0.3, 0.4) is 0 Å². The minimum atomic E-state index is -1.02. The van der Waals surface area contributed by atoms with E-state index in [9.17, 15) is 14.4 Å². The monoisotopic (exact) mass is 476 g/mol. The highest BCUT2D eigenvalue weighted by molar-refractivity contribution is 5.86. The number of carboxylic acid groups (broad SMARTS) is 1. The number of carbonyl (C=O) groups excluding carboxylic acids is 2. The van der Waals surface area contributed by atoms with Gasteiger partial charge in [0.25, 0.3) is 0 Å². The minimum Gasteiger partial charge on any atom is -0.481 e. The zero-order valence-electron chi connectivity index (χ0n) is 19.7. The Labute approximate surface area is 205 Å². The predicted octanol–water partition coefficient (Wildman–Crippen LogP) is 4.62. The molecule has 0 fully saturated rings. The number of benzene rings is 2. The van der Waals surface area contributed by atoms with Crippen molar-refractivity contribution in [3.05, 3.63) is 71.8 Å². The average molecular weight is 477 g/mol. The molecule has 4 rings (SSSR count). The van der Waals surface area contributed by atoms with E-state index in [0.717, 1.165) is 47.9 Å². The van der Waals surface area contributed by atoms with Crippen LogP contribution in [0.25, 0.3) is 11.1 Å². The molecule has 2 aliphatic carbocycles. The number of amides is 2. The van der Waals surface area contributed by atoms with Crippen molar-refractivity contribution >= 4 is 18.0 Å². The summed E-state index contributed by atoms with van der Waals surface area (Å²) in [4.78, 5) is 36.5. The van der Waals surface area contributed by atoms with Gasteiger partial charge >= 0.3 is 12.1 Å². The first-order valence-electron chi connectivity index (χ1n) is 12.3. The fourth-order valence-corrected chi connectivity index (χ4v) is 4.96. The Hall–Kier alpha value is -3.61. The summed E-state index contributed by atoms with van der Waals surface area (Å²) in [5, 5.41) is 14.5. The molecule has 2 atom stereocenters. The largest absolute Gasteiger partial charge is 0.481 e. The van der Waals surface area contributed by atoms with E-state index in [0.29, 0.717) is 12.5 Å². The van der Waals surface area contributed by atoms with Crippen molar-refractivity contribution in [1.82, 2.24) is 10.6 Å². The Morgan fingerprint density at radius 3 is 2.31 bits per heavy atom. The van der Waals surface area contributed by atoms with Crippen LogP contribution in [0.1, 0.15) is 55.6 Å². The first-order valence-corrected chi connectivity index (χ1v) is 12.3. The quantitative estimate of drug-likeness (QED) is 0.434. The Morgan fingerprint density at radius 2 is 1.69 bits per heavy atom. The lowest BCUT2D eigenvalue weighted by atomic mass is 9.91. The van der Waals surface area contributed by atoms with Crippen LogP contribution in [0.2, 0.25) is 0 Å². The summed E-state index contributed by atoms with van der Waals surface area (Å²) >= 11 is 0. The van der Waals surface area contributed by atoms with Crippen molar-refractivity contribution in [2.45, 2.75) is 50.5 Å². The normalized spacial score (nSPS) is 17.2. The molecular formula is C28H32N2O5. The van der Waals surface area contributed by atoms with E-state index in [-0.39, 0.29) is 31.3 Å². The van der Waals surface area contributed by atoms with Gasteiger partial charge < -0.3 is 20.5 Å². The summed E-state index contributed by atoms with van der Waals surface area (Å²) in [6, 6.07) is 15.1. The van der Waals surface area contributed by atoms with Crippen LogP contribution in [-0.4, -0.2) is 42.3 Å². The molecule has 3 N–H and O–H groups in total. The van der Waals surface area contributed by atoms with E-state index in [2.05, 4.69) is 34.9 Å². The van der Waals surface area contributed by atoms with Gasteiger partial charge in [0.05, 0.1) is 0 Å². The van der Waals surface area contributed by atoms with Crippen molar-refractivity contribution in [2.24, 2.45) is 5.92 Å². The SMILES string of the molecule is O=C(O)CCC(NC(=O)OCC1c2ccccc2-c2ccccc21)C(=O)NCCC1CC=CCC1. The first kappa shape index (κ1) is 24.5. The molecule has 2 aromatic rings. The van der Waals surface area contributed by atoms with Crippen molar-refractivity contribution in [3.8, 4) is 11.1 Å². The van der Waals surface area contributed by atoms with E-state index in [1.165, 1.54) is 0 Å². The van der Waals surface area contributed by atoms with Crippen LogP contribution in [0.15, 0.2) is 60.7 Å². The number of nitrogens with one attached hydrogen (secondary N) is 2. The zero-order chi connectivity index (χ0) is 24.6. The molecule has 0 heterocycles. The van der Waals surface area contributed by atoms with Crippen LogP contribution >= 0.6 is 0 Å². The number of alkyl carbamates (subject to hydrolysis) is 1. The molecule has 2 aromatic carbocycles. The summed E-state index contributed by atoms with van der Waals surface area (Å²) < 4.78 is 5.54. The van der Waals surface area contributed by atoms with Crippen LogP contribution < -0.4 is 10.6 Å². The van der Waals surface area contributed by atoms with Gasteiger partial charge in [0.15, 0.2) is 0 Å². The van der Waals surface area contributed by atoms with Gasteiger partial charge in [-0.15, -0.1) is 0 Å². The van der Waals surface area contributed by atoms with Crippen molar-refractivity contribution in [1.29, 1.82) is 0 Å². The third-order valence-corrected chi connectivity index (χ3v) is 6.83. The molecular weight excluding hydrogens is 444 g/mol. The van der Waals surface area contributed by atoms with Gasteiger partial charge in [0, 0.05) is 18.9 Å². The van der Waals surface area contributed by atoms with Crippen LogP contribution in [-0.2, 0) is 14.3 Å². The number of hydrogen-bond donors (Lipinski definition) is 3. The standard InChI is InChI=1S/C28H32N2O5/c31-26(32)15-14-25(27(33)29-17-16-19-8-2-1-3-9-19)30-28(34)35-18-24-22-12-6-4-10-20(22)21-11-5-7-13-23(21)24/h1-2,4-7,10-13,19,24-25H,3,8-9,14-18H2,(H,29,33)(H,30,34)(H,31,32). The number of hydrogen-bond acceptors (Lipinski definition) is 4. The molecule has 7 heteroatoms. The van der Waals surface area contributed by atoms with Crippen molar-refractivity contribution in [2.75, 3.05) is 13.2 Å². The lowest BCUT2D eigenvalue weighted by Crippen LogP contribution is -2.47. The fourth-order valence-electron chi connectivity index (χ4n) is 4.96. The second-order valence-electron chi connectivity index (χ2n) is 9.19. The lowest BCUT2D eigenvalue weighted by molar-refractivity contribution is -0.137. The van der Waals surface area contributed by atoms with Gasteiger partial charge in [-0.25, -0.2) is 4.79 Å². The summed E-state index contributed by atoms with van der Waals surface area (Å²) in [6.07, 6.45) is 7.42. The Balaban J connectivity index is 1.33. The lowest BCUT2D eigenvalue weighted by Gasteiger charge is -2.21. The number of aliphatic carboxylic acids is 1. The molecule has 0 spiro atoms. The predicted molar refractivity (Wildman–Crippen MR) is 133 cm³/mol. The molecule has 0 aromatic heterocycles. The molecule has 184 valence electrons. The first-order chi connectivity index (χ1) is 17.0. The highest BCUT2D eigenvalue weighted by Gasteiger charge is 2.30. The maximum Gasteiger partial charge on any atom is 0.407 e. The molecule has 0 bridgehead atoms. The molecule has 0 aliphatic heterocycles. The van der Waals surface area contributed by atoms with Crippen molar-refractivity contribution in [3.63, 3.8) is 0 Å². The van der Waals surface area contributed by atoms with Gasteiger partial charge in [-0.1, -0.05) is 60.7 Å². The van der Waals surface area contributed by atoms with E-state index in [1.54, 1.807) is 0 Å². The van der Waals surface area contributed by atoms with E-state index >= 15 is 0 Å².